The van der Waals surface area contributed by atoms with Crippen molar-refractivity contribution in [1.29, 1.82) is 0 Å². The number of ether oxygens (including phenoxy) is 1. The third-order valence-electron chi connectivity index (χ3n) is 5.69. The number of amides is 1. The van der Waals surface area contributed by atoms with Crippen LogP contribution in [-0.4, -0.2) is 32.6 Å². The van der Waals surface area contributed by atoms with Crippen LogP contribution >= 0.6 is 0 Å². The number of nitrogens with one attached hydrogen (secondary N) is 1. The first-order valence-electron chi connectivity index (χ1n) is 12.1. The Hall–Kier alpha value is -3.35. The van der Waals surface area contributed by atoms with E-state index < -0.39 is 12.1 Å². The Balaban J connectivity index is 1.86. The Labute approximate surface area is 201 Å². The van der Waals surface area contributed by atoms with Crippen molar-refractivity contribution in [2.45, 2.75) is 72.4 Å². The standard InChI is InChI=1S/C27H35N3O4/c1-5-7-8-25-29-22-14-11-20(28-26(31)6-2)16-23(22)30(25)17-19-9-12-21(13-10-19)34-24(27(32)33)15-18(3)4/h9-14,16,18,24H,5-8,15,17H2,1-4H3,(H,28,31)(H,32,33). The van der Waals surface area contributed by atoms with E-state index in [1.165, 1.54) is 0 Å². The van der Waals surface area contributed by atoms with Gasteiger partial charge < -0.3 is 19.7 Å². The molecule has 0 aliphatic heterocycles. The molecule has 34 heavy (non-hydrogen) atoms. The summed E-state index contributed by atoms with van der Waals surface area (Å²) in [7, 11) is 0. The zero-order chi connectivity index (χ0) is 24.7. The molecule has 3 aromatic rings. The number of hydrogen-bond donors (Lipinski definition) is 2. The summed E-state index contributed by atoms with van der Waals surface area (Å²) in [6, 6.07) is 13.4. The molecule has 7 heteroatoms. The molecule has 1 heterocycles. The quantitative estimate of drug-likeness (QED) is 0.360. The molecule has 0 aliphatic rings. The number of aryl methyl sites for hydroxylation is 1. The van der Waals surface area contributed by atoms with Gasteiger partial charge in [-0.1, -0.05) is 46.2 Å². The van der Waals surface area contributed by atoms with Gasteiger partial charge in [0.25, 0.3) is 0 Å². The van der Waals surface area contributed by atoms with E-state index in [2.05, 4.69) is 16.8 Å². The number of rotatable bonds is 12. The predicted octanol–water partition coefficient (Wildman–Crippen LogP) is 5.65. The van der Waals surface area contributed by atoms with Crippen LogP contribution in [0.15, 0.2) is 42.5 Å². The Morgan fingerprint density at radius 2 is 1.85 bits per heavy atom. The first kappa shape index (κ1) is 25.3. The molecule has 1 amide bonds. The first-order valence-corrected chi connectivity index (χ1v) is 12.1. The Kier molecular flexibility index (Phi) is 8.68. The van der Waals surface area contributed by atoms with E-state index in [0.29, 0.717) is 25.1 Å². The molecular weight excluding hydrogens is 430 g/mol. The van der Waals surface area contributed by atoms with Crippen molar-refractivity contribution < 1.29 is 19.4 Å². The molecule has 0 fully saturated rings. The van der Waals surface area contributed by atoms with Crippen LogP contribution in [-0.2, 0) is 22.6 Å². The van der Waals surface area contributed by atoms with Gasteiger partial charge in [-0.25, -0.2) is 9.78 Å². The number of hydrogen-bond acceptors (Lipinski definition) is 4. The zero-order valence-corrected chi connectivity index (χ0v) is 20.5. The number of carboxylic acid groups (broad SMARTS) is 1. The summed E-state index contributed by atoms with van der Waals surface area (Å²) in [5.41, 5.74) is 3.70. The van der Waals surface area contributed by atoms with Crippen LogP contribution in [0.2, 0.25) is 0 Å². The minimum atomic E-state index is -0.950. The second-order valence-electron chi connectivity index (χ2n) is 9.04. The van der Waals surface area contributed by atoms with Gasteiger partial charge in [0.2, 0.25) is 5.91 Å². The van der Waals surface area contributed by atoms with E-state index in [1.807, 2.05) is 63.2 Å². The van der Waals surface area contributed by atoms with E-state index in [9.17, 15) is 14.7 Å². The normalized spacial score (nSPS) is 12.1. The van der Waals surface area contributed by atoms with Crippen molar-refractivity contribution >= 4 is 28.6 Å². The largest absolute Gasteiger partial charge is 0.479 e. The molecule has 1 atom stereocenters. The summed E-state index contributed by atoms with van der Waals surface area (Å²) in [5, 5.41) is 12.4. The van der Waals surface area contributed by atoms with E-state index in [1.54, 1.807) is 0 Å². The topological polar surface area (TPSA) is 93.5 Å². The van der Waals surface area contributed by atoms with Crippen LogP contribution in [0, 0.1) is 5.92 Å². The van der Waals surface area contributed by atoms with Crippen LogP contribution in [0.5, 0.6) is 5.75 Å². The lowest BCUT2D eigenvalue weighted by atomic mass is 10.1. The molecule has 0 saturated carbocycles. The number of fused-ring (bicyclic) bond motifs is 1. The van der Waals surface area contributed by atoms with E-state index in [4.69, 9.17) is 9.72 Å². The molecule has 0 saturated heterocycles. The summed E-state index contributed by atoms with van der Waals surface area (Å²) in [6.45, 7) is 8.57. The number of carbonyl (C=O) groups is 2. The highest BCUT2D eigenvalue weighted by Crippen LogP contribution is 2.24. The number of nitrogens with zero attached hydrogens (tertiary/aromatic N) is 2. The number of aliphatic carboxylic acids is 1. The lowest BCUT2D eigenvalue weighted by Crippen LogP contribution is -2.28. The Bertz CT molecular complexity index is 1120. The van der Waals surface area contributed by atoms with Gasteiger partial charge >= 0.3 is 5.97 Å². The summed E-state index contributed by atoms with van der Waals surface area (Å²) >= 11 is 0. The third kappa shape index (κ3) is 6.59. The maximum Gasteiger partial charge on any atom is 0.344 e. The van der Waals surface area contributed by atoms with Gasteiger partial charge in [-0.05, 0) is 54.7 Å². The molecule has 2 aromatic carbocycles. The minimum Gasteiger partial charge on any atom is -0.479 e. The average molecular weight is 466 g/mol. The van der Waals surface area contributed by atoms with Gasteiger partial charge in [-0.2, -0.15) is 0 Å². The molecule has 3 rings (SSSR count). The van der Waals surface area contributed by atoms with Gasteiger partial charge in [0.05, 0.1) is 11.0 Å². The lowest BCUT2D eigenvalue weighted by molar-refractivity contribution is -0.145. The fourth-order valence-electron chi connectivity index (χ4n) is 3.85. The second-order valence-corrected chi connectivity index (χ2v) is 9.04. The molecule has 0 bridgehead atoms. The van der Waals surface area contributed by atoms with Crippen LogP contribution in [0.1, 0.15) is 64.8 Å². The van der Waals surface area contributed by atoms with E-state index in [0.717, 1.165) is 47.4 Å². The van der Waals surface area contributed by atoms with Crippen molar-refractivity contribution in [2.75, 3.05) is 5.32 Å². The van der Waals surface area contributed by atoms with Crippen LogP contribution < -0.4 is 10.1 Å². The maximum absolute atomic E-state index is 11.9. The first-order chi connectivity index (χ1) is 16.3. The molecule has 0 radical (unpaired) electrons. The monoisotopic (exact) mass is 465 g/mol. The highest BCUT2D eigenvalue weighted by atomic mass is 16.5. The van der Waals surface area contributed by atoms with Gasteiger partial charge in [0, 0.05) is 25.1 Å². The number of carbonyl (C=O) groups excluding carboxylic acids is 1. The van der Waals surface area contributed by atoms with Gasteiger partial charge in [0.15, 0.2) is 6.10 Å². The van der Waals surface area contributed by atoms with Crippen molar-refractivity contribution in [1.82, 2.24) is 9.55 Å². The molecule has 1 unspecified atom stereocenters. The van der Waals surface area contributed by atoms with Crippen LogP contribution in [0.25, 0.3) is 11.0 Å². The summed E-state index contributed by atoms with van der Waals surface area (Å²) in [5.74, 6) is 0.809. The number of imidazole rings is 1. The average Bonchev–Trinajstić information content (AvgIpc) is 3.14. The predicted molar refractivity (Wildman–Crippen MR) is 134 cm³/mol. The van der Waals surface area contributed by atoms with Crippen molar-refractivity contribution in [3.05, 3.63) is 53.9 Å². The van der Waals surface area contributed by atoms with Gasteiger partial charge in [0.1, 0.15) is 11.6 Å². The Morgan fingerprint density at radius 1 is 1.12 bits per heavy atom. The SMILES string of the molecule is CCCCc1nc2ccc(NC(=O)CC)cc2n1Cc1ccc(OC(CC(C)C)C(=O)O)cc1. The number of unbranched alkanes of at least 4 members (excludes halogenated alkanes) is 1. The van der Waals surface area contributed by atoms with Gasteiger partial charge in [-0.3, -0.25) is 4.79 Å². The number of anilines is 1. The molecule has 0 aliphatic carbocycles. The second kappa shape index (κ2) is 11.7. The highest BCUT2D eigenvalue weighted by Gasteiger charge is 2.21. The van der Waals surface area contributed by atoms with Crippen molar-refractivity contribution in [3.8, 4) is 5.75 Å². The number of aromatic nitrogens is 2. The smallest absolute Gasteiger partial charge is 0.344 e. The molecule has 2 N–H and O–H groups in total. The van der Waals surface area contributed by atoms with Gasteiger partial charge in [-0.15, -0.1) is 0 Å². The van der Waals surface area contributed by atoms with E-state index >= 15 is 0 Å². The summed E-state index contributed by atoms with van der Waals surface area (Å²) in [6.07, 6.45) is 3.01. The number of carboxylic acids is 1. The lowest BCUT2D eigenvalue weighted by Gasteiger charge is -2.17. The van der Waals surface area contributed by atoms with Crippen LogP contribution in [0.3, 0.4) is 0 Å². The fourth-order valence-corrected chi connectivity index (χ4v) is 3.85. The van der Waals surface area contributed by atoms with Crippen LogP contribution in [0.4, 0.5) is 5.69 Å². The van der Waals surface area contributed by atoms with Crippen molar-refractivity contribution in [3.63, 3.8) is 0 Å². The highest BCUT2D eigenvalue weighted by molar-refractivity contribution is 5.93. The zero-order valence-electron chi connectivity index (χ0n) is 20.5. The minimum absolute atomic E-state index is 0.0238. The summed E-state index contributed by atoms with van der Waals surface area (Å²) < 4.78 is 7.92. The number of benzene rings is 2. The van der Waals surface area contributed by atoms with Crippen molar-refractivity contribution in [2.24, 2.45) is 5.92 Å². The maximum atomic E-state index is 11.9. The fraction of sp³-hybridized carbons (Fsp3) is 0.444. The Morgan fingerprint density at radius 3 is 2.47 bits per heavy atom. The third-order valence-corrected chi connectivity index (χ3v) is 5.69. The molecule has 7 nitrogen and oxygen atoms in total. The molecule has 0 spiro atoms. The van der Waals surface area contributed by atoms with E-state index in [-0.39, 0.29) is 11.8 Å². The molecule has 182 valence electrons. The summed E-state index contributed by atoms with van der Waals surface area (Å²) in [4.78, 5) is 28.2. The molecular formula is C27H35N3O4. The molecule has 1 aromatic heterocycles.